The number of sulfone groups is 2. The highest BCUT2D eigenvalue weighted by atomic mass is 32.2. The number of aryl methyl sites for hydroxylation is 2. The number of para-hydroxylation sites is 2. The van der Waals surface area contributed by atoms with Gasteiger partial charge in [-0.05, 0) is 71.0 Å². The maximum absolute atomic E-state index is 13.4. The number of benzene rings is 4. The van der Waals surface area contributed by atoms with E-state index >= 15 is 0 Å². The fourth-order valence-electron chi connectivity index (χ4n) is 7.63. The Morgan fingerprint density at radius 2 is 1.00 bits per heavy atom. The molecule has 2 aromatic heterocycles. The van der Waals surface area contributed by atoms with Gasteiger partial charge in [0.25, 0.3) is 0 Å². The number of anilines is 2. The van der Waals surface area contributed by atoms with Gasteiger partial charge in [-0.2, -0.15) is 0 Å². The molecule has 2 aliphatic heterocycles. The molecule has 2 saturated heterocycles. The second kappa shape index (κ2) is 15.9. The highest BCUT2D eigenvalue weighted by molar-refractivity contribution is 7.92. The molecule has 1 amide bonds. The van der Waals surface area contributed by atoms with Crippen LogP contribution in [0.4, 0.5) is 16.2 Å². The van der Waals surface area contributed by atoms with Crippen molar-refractivity contribution >= 4 is 58.9 Å². The van der Waals surface area contributed by atoms with Gasteiger partial charge in [0, 0.05) is 74.5 Å². The molecule has 8 rings (SSSR count). The molecule has 0 bridgehead atoms. The summed E-state index contributed by atoms with van der Waals surface area (Å²) in [5.74, 6) is 0. The Balaban J connectivity index is 0.000000179. The lowest BCUT2D eigenvalue weighted by Crippen LogP contribution is -2.50. The van der Waals surface area contributed by atoms with E-state index in [1.807, 2.05) is 64.1 Å². The monoisotopic (exact) mass is 810 g/mol. The van der Waals surface area contributed by atoms with Crippen LogP contribution in [0, 0.1) is 13.8 Å². The van der Waals surface area contributed by atoms with Gasteiger partial charge >= 0.3 is 6.09 Å². The number of rotatable bonds is 6. The van der Waals surface area contributed by atoms with Gasteiger partial charge in [0.05, 0.1) is 42.0 Å². The number of aromatic nitrogens is 2. The Hall–Kier alpha value is -5.31. The number of fused-ring (bicyclic) bond motifs is 2. The molecule has 4 heterocycles. The van der Waals surface area contributed by atoms with Crippen molar-refractivity contribution in [3.05, 3.63) is 108 Å². The largest absolute Gasteiger partial charge is 0.444 e. The molecule has 2 aliphatic rings. The van der Waals surface area contributed by atoms with Crippen LogP contribution in [0.2, 0.25) is 0 Å². The molecule has 6 aromatic rings. The molecular weight excluding hydrogens is 761 g/mol. The summed E-state index contributed by atoms with van der Waals surface area (Å²) in [7, 11) is -7.22. The maximum Gasteiger partial charge on any atom is 0.410 e. The Kier molecular flexibility index (Phi) is 11.1. The van der Waals surface area contributed by atoms with E-state index in [1.165, 1.54) is 0 Å². The Labute approximate surface area is 334 Å². The summed E-state index contributed by atoms with van der Waals surface area (Å²) in [4.78, 5) is 26.5. The van der Waals surface area contributed by atoms with Crippen molar-refractivity contribution in [3.8, 4) is 0 Å². The van der Waals surface area contributed by atoms with Crippen LogP contribution < -0.4 is 15.1 Å². The van der Waals surface area contributed by atoms with Gasteiger partial charge in [-0.3, -0.25) is 0 Å². The molecule has 0 saturated carbocycles. The first-order chi connectivity index (χ1) is 27.2. The topological polar surface area (TPSA) is 148 Å². The van der Waals surface area contributed by atoms with Crippen molar-refractivity contribution in [1.29, 1.82) is 0 Å². The third-order valence-electron chi connectivity index (χ3n) is 10.3. The third-order valence-corrected chi connectivity index (χ3v) is 14.2. The zero-order valence-corrected chi connectivity index (χ0v) is 34.6. The lowest BCUT2D eigenvalue weighted by atomic mass is 10.2. The van der Waals surface area contributed by atoms with E-state index in [0.717, 1.165) is 54.0 Å². The number of nitrogens with one attached hydrogen (secondary N) is 3. The number of hydrogen-bond donors (Lipinski definition) is 3. The van der Waals surface area contributed by atoms with E-state index in [4.69, 9.17) is 4.74 Å². The average molecular weight is 811 g/mol. The van der Waals surface area contributed by atoms with Gasteiger partial charge in [-0.15, -0.1) is 0 Å². The molecule has 57 heavy (non-hydrogen) atoms. The fraction of sp³-hybridized carbons (Fsp3) is 0.326. The number of amides is 1. The van der Waals surface area contributed by atoms with Crippen molar-refractivity contribution in [3.63, 3.8) is 0 Å². The summed E-state index contributed by atoms with van der Waals surface area (Å²) in [6.07, 6.45) is -0.303. The van der Waals surface area contributed by atoms with E-state index in [9.17, 15) is 21.6 Å². The Bertz CT molecular complexity index is 2600. The van der Waals surface area contributed by atoms with Gasteiger partial charge < -0.3 is 34.7 Å². The summed E-state index contributed by atoms with van der Waals surface area (Å²) < 4.78 is 58.5. The lowest BCUT2D eigenvalue weighted by Gasteiger charge is -2.37. The smallest absolute Gasteiger partial charge is 0.410 e. The van der Waals surface area contributed by atoms with Crippen LogP contribution in [0.25, 0.3) is 21.8 Å². The summed E-state index contributed by atoms with van der Waals surface area (Å²) in [6.45, 7) is 15.3. The van der Waals surface area contributed by atoms with Crippen molar-refractivity contribution in [2.45, 2.75) is 59.8 Å². The molecule has 0 atom stereocenters. The third kappa shape index (κ3) is 8.12. The minimum atomic E-state index is -3.66. The number of aromatic amines is 2. The van der Waals surface area contributed by atoms with Crippen molar-refractivity contribution in [1.82, 2.24) is 20.2 Å². The van der Waals surface area contributed by atoms with E-state index < -0.39 is 25.3 Å². The van der Waals surface area contributed by atoms with Gasteiger partial charge in [-0.1, -0.05) is 60.7 Å². The minimum absolute atomic E-state index is 0.278. The molecule has 0 aliphatic carbocycles. The van der Waals surface area contributed by atoms with Crippen LogP contribution in [0.3, 0.4) is 0 Å². The molecular formula is C43H50N6O6S2. The summed E-state index contributed by atoms with van der Waals surface area (Å²) in [5, 5.41) is 4.79. The van der Waals surface area contributed by atoms with Crippen LogP contribution >= 0.6 is 0 Å². The Morgan fingerprint density at radius 3 is 1.42 bits per heavy atom. The molecule has 300 valence electrons. The van der Waals surface area contributed by atoms with E-state index in [0.29, 0.717) is 57.6 Å². The quantitative estimate of drug-likeness (QED) is 0.161. The normalized spacial score (nSPS) is 15.4. The van der Waals surface area contributed by atoms with Crippen molar-refractivity contribution < 1.29 is 26.4 Å². The number of piperazine rings is 2. The fourth-order valence-corrected chi connectivity index (χ4v) is 11.0. The lowest BCUT2D eigenvalue weighted by molar-refractivity contribution is 0.0240. The molecule has 3 N–H and O–H groups in total. The molecule has 14 heteroatoms. The molecule has 4 aromatic carbocycles. The first kappa shape index (κ1) is 39.9. The van der Waals surface area contributed by atoms with Gasteiger partial charge in [0.15, 0.2) is 0 Å². The van der Waals surface area contributed by atoms with Crippen LogP contribution in [0.1, 0.15) is 32.2 Å². The zero-order valence-electron chi connectivity index (χ0n) is 33.0. The summed E-state index contributed by atoms with van der Waals surface area (Å²) >= 11 is 0. The molecule has 12 nitrogen and oxygen atoms in total. The van der Waals surface area contributed by atoms with Crippen molar-refractivity contribution in [2.75, 3.05) is 62.2 Å². The number of hydrogen-bond acceptors (Lipinski definition) is 9. The molecule has 0 radical (unpaired) electrons. The second-order valence-corrected chi connectivity index (χ2v) is 19.2. The van der Waals surface area contributed by atoms with Crippen LogP contribution in [0.5, 0.6) is 0 Å². The van der Waals surface area contributed by atoms with E-state index in [2.05, 4.69) is 31.2 Å². The Morgan fingerprint density at radius 1 is 0.579 bits per heavy atom. The van der Waals surface area contributed by atoms with Gasteiger partial charge in [0.2, 0.25) is 19.7 Å². The van der Waals surface area contributed by atoms with Crippen molar-refractivity contribution in [2.24, 2.45) is 0 Å². The molecule has 0 unspecified atom stereocenters. The minimum Gasteiger partial charge on any atom is -0.444 e. The predicted molar refractivity (Wildman–Crippen MR) is 225 cm³/mol. The van der Waals surface area contributed by atoms with Gasteiger partial charge in [-0.25, -0.2) is 21.6 Å². The highest BCUT2D eigenvalue weighted by Gasteiger charge is 2.30. The zero-order chi connectivity index (χ0) is 40.5. The molecule has 0 spiro atoms. The van der Waals surface area contributed by atoms with Crippen LogP contribution in [-0.2, 0) is 24.4 Å². The first-order valence-electron chi connectivity index (χ1n) is 19.2. The predicted octanol–water partition coefficient (Wildman–Crippen LogP) is 7.08. The highest BCUT2D eigenvalue weighted by Crippen LogP contribution is 2.37. The number of H-pyrrole nitrogens is 2. The number of carbonyl (C=O) groups excluding carboxylic acids is 1. The van der Waals surface area contributed by atoms with Crippen LogP contribution in [-0.4, -0.2) is 95.8 Å². The molecule has 2 fully saturated rings. The number of ether oxygens (including phenoxy) is 1. The summed E-state index contributed by atoms with van der Waals surface area (Å²) in [5.41, 5.74) is 4.47. The maximum atomic E-state index is 13.4. The SMILES string of the molecule is Cc1[nH]c2c(N3CCN(C(=O)OC(C)(C)C)CC3)cccc2c1S(=O)(=O)c1ccccc1.Cc1[nH]c2c(N3CCNCC3)cccc2c1S(=O)(=O)c1ccccc1. The number of nitrogens with zero attached hydrogens (tertiary/aromatic N) is 3. The number of carbonyl (C=O) groups is 1. The van der Waals surface area contributed by atoms with Crippen LogP contribution in [0.15, 0.2) is 117 Å². The second-order valence-electron chi connectivity index (χ2n) is 15.4. The standard InChI is InChI=1S/C24H29N3O4S.C19H21N3O2S/c1-17-22(32(29,30)18-9-6-5-7-10-18)19-11-8-12-20(21(19)25-17)26-13-15-27(16-14-26)23(28)31-24(2,3)4;1-14-19(25(23,24)15-6-3-2-4-7-15)16-8-5-9-17(18(16)21-14)22-12-10-20-11-13-22/h5-12,25H,13-16H2,1-4H3;2-9,20-21H,10-13H2,1H3. The van der Waals surface area contributed by atoms with E-state index in [1.54, 1.807) is 66.4 Å². The summed E-state index contributed by atoms with van der Waals surface area (Å²) in [6, 6.07) is 28.7. The van der Waals surface area contributed by atoms with E-state index in [-0.39, 0.29) is 11.0 Å². The average Bonchev–Trinajstić information content (AvgIpc) is 3.74. The van der Waals surface area contributed by atoms with Gasteiger partial charge in [0.1, 0.15) is 5.60 Å². The first-order valence-corrected chi connectivity index (χ1v) is 22.1.